The third kappa shape index (κ3) is 4.27. The van der Waals surface area contributed by atoms with Gasteiger partial charge in [0.1, 0.15) is 0 Å². The molecule has 0 spiro atoms. The van der Waals surface area contributed by atoms with Gasteiger partial charge in [-0.25, -0.2) is 0 Å². The molecule has 0 bridgehead atoms. The van der Waals surface area contributed by atoms with Crippen LogP contribution in [0.15, 0.2) is 41.1 Å². The first-order valence-electron chi connectivity index (χ1n) is 8.58. The third-order valence-electron chi connectivity index (χ3n) is 4.53. The summed E-state index contributed by atoms with van der Waals surface area (Å²) >= 11 is 1.65. The first kappa shape index (κ1) is 17.6. The van der Waals surface area contributed by atoms with Gasteiger partial charge in [0.15, 0.2) is 0 Å². The number of amides is 2. The lowest BCUT2D eigenvalue weighted by molar-refractivity contribution is -0.139. The molecule has 1 atom stereocenters. The molecule has 0 radical (unpaired) electrons. The van der Waals surface area contributed by atoms with Crippen molar-refractivity contribution in [2.24, 2.45) is 0 Å². The highest BCUT2D eigenvalue weighted by Crippen LogP contribution is 2.28. The molecule has 1 aromatic heterocycles. The lowest BCUT2D eigenvalue weighted by Crippen LogP contribution is -2.45. The number of likely N-dealkylation sites (N-methyl/N-ethyl adjacent to an activating group) is 1. The van der Waals surface area contributed by atoms with Crippen LogP contribution in [-0.2, 0) is 22.6 Å². The monoisotopic (exact) mass is 357 g/mol. The van der Waals surface area contributed by atoms with E-state index < -0.39 is 11.8 Å². The average molecular weight is 357 g/mol. The number of thiophene rings is 1. The third-order valence-corrected chi connectivity index (χ3v) is 5.23. The zero-order chi connectivity index (χ0) is 17.6. The molecule has 6 heteroatoms. The summed E-state index contributed by atoms with van der Waals surface area (Å²) in [5, 5.41) is 9.48. The maximum absolute atomic E-state index is 11.9. The predicted molar refractivity (Wildman–Crippen MR) is 99.3 cm³/mol. The van der Waals surface area contributed by atoms with Crippen molar-refractivity contribution in [1.82, 2.24) is 15.5 Å². The van der Waals surface area contributed by atoms with Crippen LogP contribution in [-0.4, -0.2) is 36.3 Å². The largest absolute Gasteiger partial charge is 0.348 e. The Kier molecular flexibility index (Phi) is 5.83. The van der Waals surface area contributed by atoms with Crippen molar-refractivity contribution < 1.29 is 9.59 Å². The van der Waals surface area contributed by atoms with E-state index in [2.05, 4.69) is 51.2 Å². The van der Waals surface area contributed by atoms with Crippen LogP contribution in [0, 0.1) is 0 Å². The number of fused-ring (bicyclic) bond motifs is 1. The molecule has 1 aliphatic heterocycles. The number of hydrogen-bond acceptors (Lipinski definition) is 4. The normalized spacial score (nSPS) is 15.2. The highest BCUT2D eigenvalue weighted by Gasteiger charge is 2.26. The molecule has 2 aromatic rings. The van der Waals surface area contributed by atoms with Crippen molar-refractivity contribution in [2.75, 3.05) is 19.6 Å². The van der Waals surface area contributed by atoms with E-state index in [9.17, 15) is 9.59 Å². The smallest absolute Gasteiger partial charge is 0.309 e. The fourth-order valence-electron chi connectivity index (χ4n) is 3.22. The van der Waals surface area contributed by atoms with Gasteiger partial charge < -0.3 is 10.6 Å². The van der Waals surface area contributed by atoms with E-state index in [0.29, 0.717) is 13.1 Å². The van der Waals surface area contributed by atoms with Crippen LogP contribution in [0.5, 0.6) is 0 Å². The molecule has 0 fully saturated rings. The molecule has 25 heavy (non-hydrogen) atoms. The van der Waals surface area contributed by atoms with Crippen LogP contribution in [0.4, 0.5) is 0 Å². The Balaban J connectivity index is 1.71. The molecule has 0 saturated carbocycles. The summed E-state index contributed by atoms with van der Waals surface area (Å²) in [4.78, 5) is 26.0. The first-order chi connectivity index (χ1) is 12.2. The van der Waals surface area contributed by atoms with Crippen molar-refractivity contribution >= 4 is 23.2 Å². The van der Waals surface area contributed by atoms with Crippen LogP contribution in [0.3, 0.4) is 0 Å². The minimum Gasteiger partial charge on any atom is -0.348 e. The SMILES string of the molecule is CCNC(=O)C(=O)NCC(c1ccsc1)N1CCc2ccccc2C1. The molecule has 3 rings (SSSR count). The minimum atomic E-state index is -0.574. The van der Waals surface area contributed by atoms with Crippen molar-refractivity contribution in [1.29, 1.82) is 0 Å². The van der Waals surface area contributed by atoms with Gasteiger partial charge in [0.05, 0.1) is 6.04 Å². The Morgan fingerprint density at radius 3 is 2.64 bits per heavy atom. The maximum Gasteiger partial charge on any atom is 0.309 e. The summed E-state index contributed by atoms with van der Waals surface area (Å²) in [6.07, 6.45) is 1.00. The van der Waals surface area contributed by atoms with Crippen molar-refractivity contribution in [3.63, 3.8) is 0 Å². The van der Waals surface area contributed by atoms with E-state index in [-0.39, 0.29) is 6.04 Å². The number of hydrogen-bond donors (Lipinski definition) is 2. The van der Waals surface area contributed by atoms with Gasteiger partial charge in [-0.05, 0) is 46.9 Å². The van der Waals surface area contributed by atoms with Crippen molar-refractivity contribution in [2.45, 2.75) is 25.9 Å². The predicted octanol–water partition coefficient (Wildman–Crippen LogP) is 2.10. The molecule has 0 saturated heterocycles. The summed E-state index contributed by atoms with van der Waals surface area (Å²) < 4.78 is 0. The molecule has 1 unspecified atom stereocenters. The van der Waals surface area contributed by atoms with Gasteiger partial charge in [0, 0.05) is 26.2 Å². The highest BCUT2D eigenvalue weighted by molar-refractivity contribution is 7.07. The van der Waals surface area contributed by atoms with Gasteiger partial charge >= 0.3 is 11.8 Å². The fraction of sp³-hybridized carbons (Fsp3) is 0.368. The Morgan fingerprint density at radius 2 is 1.92 bits per heavy atom. The van der Waals surface area contributed by atoms with Crippen molar-refractivity contribution in [3.05, 3.63) is 57.8 Å². The van der Waals surface area contributed by atoms with Crippen molar-refractivity contribution in [3.8, 4) is 0 Å². The van der Waals surface area contributed by atoms with Gasteiger partial charge in [-0.15, -0.1) is 0 Å². The molecule has 2 amide bonds. The lowest BCUT2D eigenvalue weighted by Gasteiger charge is -2.35. The van der Waals surface area contributed by atoms with Crippen LogP contribution < -0.4 is 10.6 Å². The summed E-state index contributed by atoms with van der Waals surface area (Å²) in [5.41, 5.74) is 3.92. The van der Waals surface area contributed by atoms with E-state index in [1.807, 2.05) is 5.38 Å². The zero-order valence-electron chi connectivity index (χ0n) is 14.3. The lowest BCUT2D eigenvalue weighted by atomic mass is 9.97. The summed E-state index contributed by atoms with van der Waals surface area (Å²) in [6, 6.07) is 10.7. The number of benzene rings is 1. The Hall–Kier alpha value is -2.18. The summed E-state index contributed by atoms with van der Waals surface area (Å²) in [6.45, 7) is 4.46. The standard InChI is InChI=1S/C19H23N3O2S/c1-2-20-18(23)19(24)21-11-17(16-8-10-25-13-16)22-9-7-14-5-3-4-6-15(14)12-22/h3-6,8,10,13,17H,2,7,9,11-12H2,1H3,(H,20,23)(H,21,24). The molecule has 1 aromatic carbocycles. The molecule has 2 N–H and O–H groups in total. The Bertz CT molecular complexity index is 730. The summed E-state index contributed by atoms with van der Waals surface area (Å²) in [7, 11) is 0. The van der Waals surface area contributed by atoms with Crippen LogP contribution in [0.2, 0.25) is 0 Å². The van der Waals surface area contributed by atoms with E-state index in [1.165, 1.54) is 16.7 Å². The average Bonchev–Trinajstić information content (AvgIpc) is 3.16. The van der Waals surface area contributed by atoms with Gasteiger partial charge in [0.25, 0.3) is 0 Å². The Morgan fingerprint density at radius 1 is 1.16 bits per heavy atom. The minimum absolute atomic E-state index is 0.0676. The van der Waals surface area contributed by atoms with Gasteiger partial charge in [-0.2, -0.15) is 11.3 Å². The molecule has 2 heterocycles. The van der Waals surface area contributed by atoms with E-state index >= 15 is 0 Å². The maximum atomic E-state index is 11.9. The zero-order valence-corrected chi connectivity index (χ0v) is 15.1. The van der Waals surface area contributed by atoms with E-state index in [0.717, 1.165) is 19.5 Å². The number of nitrogens with zero attached hydrogens (tertiary/aromatic N) is 1. The van der Waals surface area contributed by atoms with Gasteiger partial charge in [-0.3, -0.25) is 14.5 Å². The van der Waals surface area contributed by atoms with Gasteiger partial charge in [0.2, 0.25) is 0 Å². The van der Waals surface area contributed by atoms with Crippen LogP contribution in [0.1, 0.15) is 29.7 Å². The first-order valence-corrected chi connectivity index (χ1v) is 9.52. The number of carbonyl (C=O) groups excluding carboxylic acids is 2. The molecule has 0 aliphatic carbocycles. The quantitative estimate of drug-likeness (QED) is 0.806. The van der Waals surface area contributed by atoms with Crippen LogP contribution >= 0.6 is 11.3 Å². The fourth-order valence-corrected chi connectivity index (χ4v) is 3.92. The molecular formula is C19H23N3O2S. The Labute approximate surface area is 152 Å². The second kappa shape index (κ2) is 8.27. The molecular weight excluding hydrogens is 334 g/mol. The molecule has 1 aliphatic rings. The number of nitrogens with one attached hydrogen (secondary N) is 2. The topological polar surface area (TPSA) is 61.4 Å². The molecule has 5 nitrogen and oxygen atoms in total. The van der Waals surface area contributed by atoms with E-state index in [1.54, 1.807) is 18.3 Å². The number of carbonyl (C=O) groups is 2. The highest BCUT2D eigenvalue weighted by atomic mass is 32.1. The second-order valence-electron chi connectivity index (χ2n) is 6.13. The van der Waals surface area contributed by atoms with E-state index in [4.69, 9.17) is 0 Å². The molecule has 132 valence electrons. The van der Waals surface area contributed by atoms with Crippen LogP contribution in [0.25, 0.3) is 0 Å². The second-order valence-corrected chi connectivity index (χ2v) is 6.91. The number of rotatable bonds is 5. The summed E-state index contributed by atoms with van der Waals surface area (Å²) in [5.74, 6) is -1.14. The van der Waals surface area contributed by atoms with Gasteiger partial charge in [-0.1, -0.05) is 24.3 Å².